The van der Waals surface area contributed by atoms with Crippen LogP contribution >= 0.6 is 0 Å². The molecule has 4 aromatic rings. The van der Waals surface area contributed by atoms with Crippen LogP contribution < -0.4 is 5.32 Å². The van der Waals surface area contributed by atoms with E-state index in [0.29, 0.717) is 13.0 Å². The second-order valence-electron chi connectivity index (χ2n) is 8.49. The number of amides is 1. The van der Waals surface area contributed by atoms with Crippen LogP contribution in [0.3, 0.4) is 0 Å². The maximum atomic E-state index is 12.7. The van der Waals surface area contributed by atoms with Crippen LogP contribution in [-0.2, 0) is 11.2 Å². The first kappa shape index (κ1) is 22.2. The number of carbonyl (C=O) groups excluding carboxylic acids is 1. The zero-order chi connectivity index (χ0) is 23.5. The number of hydrogen-bond donors (Lipinski definition) is 2. The average molecular weight is 437 g/mol. The molecule has 0 aliphatic rings. The van der Waals surface area contributed by atoms with Crippen LogP contribution in [0.4, 0.5) is 0 Å². The van der Waals surface area contributed by atoms with Crippen molar-refractivity contribution < 1.29 is 4.79 Å². The van der Waals surface area contributed by atoms with Gasteiger partial charge in [0.05, 0.1) is 0 Å². The van der Waals surface area contributed by atoms with Crippen molar-refractivity contribution in [3.8, 4) is 11.8 Å². The van der Waals surface area contributed by atoms with Gasteiger partial charge in [-0.1, -0.05) is 35.9 Å². The smallest absolute Gasteiger partial charge is 0.261 e. The van der Waals surface area contributed by atoms with Gasteiger partial charge in [0.1, 0.15) is 11.6 Å². The fraction of sp³-hybridized carbons (Fsp3) is 0.214. The Bertz CT molecular complexity index is 1410. The van der Waals surface area contributed by atoms with Crippen LogP contribution in [0.5, 0.6) is 0 Å². The van der Waals surface area contributed by atoms with Gasteiger partial charge in [0, 0.05) is 40.7 Å². The fourth-order valence-electron chi connectivity index (χ4n) is 4.41. The number of fused-ring (bicyclic) bond motifs is 1. The van der Waals surface area contributed by atoms with Gasteiger partial charge in [0.15, 0.2) is 0 Å². The molecule has 2 aromatic heterocycles. The predicted molar refractivity (Wildman–Crippen MR) is 133 cm³/mol. The lowest BCUT2D eigenvalue weighted by Crippen LogP contribution is -2.26. The van der Waals surface area contributed by atoms with Crippen molar-refractivity contribution in [1.82, 2.24) is 14.9 Å². The lowest BCUT2D eigenvalue weighted by atomic mass is 10.1. The summed E-state index contributed by atoms with van der Waals surface area (Å²) in [6.45, 7) is 8.69. The summed E-state index contributed by atoms with van der Waals surface area (Å²) in [5.74, 6) is -0.353. The maximum Gasteiger partial charge on any atom is 0.261 e. The molecule has 5 heteroatoms. The fourth-order valence-corrected chi connectivity index (χ4v) is 4.41. The Balaban J connectivity index is 1.51. The summed E-state index contributed by atoms with van der Waals surface area (Å²) >= 11 is 0. The van der Waals surface area contributed by atoms with Gasteiger partial charge < -0.3 is 14.9 Å². The number of hydrogen-bond acceptors (Lipinski definition) is 2. The molecular formula is C28H28N4O. The highest BCUT2D eigenvalue weighted by molar-refractivity contribution is 6.01. The number of benzene rings is 2. The Morgan fingerprint density at radius 3 is 2.67 bits per heavy atom. The average Bonchev–Trinajstić information content (AvgIpc) is 3.32. The SMILES string of the molecule is Cc1ccc(-n2c(C)cc(/C=C(/C#N)C(=O)NCCc3c[nH]c4ccccc34)c2C)c(C)c1. The predicted octanol–water partition coefficient (Wildman–Crippen LogP) is 5.46. The molecule has 2 N–H and O–H groups in total. The summed E-state index contributed by atoms with van der Waals surface area (Å²) in [6.07, 6.45) is 4.35. The molecule has 0 fully saturated rings. The lowest BCUT2D eigenvalue weighted by Gasteiger charge is -2.13. The number of aryl methyl sites for hydroxylation is 3. The van der Waals surface area contributed by atoms with Crippen molar-refractivity contribution in [2.24, 2.45) is 0 Å². The molecule has 4 rings (SSSR count). The molecule has 2 heterocycles. The van der Waals surface area contributed by atoms with Gasteiger partial charge in [-0.15, -0.1) is 0 Å². The first-order valence-electron chi connectivity index (χ1n) is 11.1. The molecular weight excluding hydrogens is 408 g/mol. The number of aromatic nitrogens is 2. The molecule has 166 valence electrons. The van der Waals surface area contributed by atoms with Gasteiger partial charge in [-0.3, -0.25) is 4.79 Å². The number of nitrogens with one attached hydrogen (secondary N) is 2. The van der Waals surface area contributed by atoms with Gasteiger partial charge in [-0.2, -0.15) is 5.26 Å². The Kier molecular flexibility index (Phi) is 6.19. The summed E-state index contributed by atoms with van der Waals surface area (Å²) in [5, 5.41) is 13.7. The quantitative estimate of drug-likeness (QED) is 0.311. The van der Waals surface area contributed by atoms with E-state index in [4.69, 9.17) is 0 Å². The van der Waals surface area contributed by atoms with E-state index in [-0.39, 0.29) is 11.5 Å². The van der Waals surface area contributed by atoms with Gasteiger partial charge in [0.2, 0.25) is 0 Å². The van der Waals surface area contributed by atoms with Crippen LogP contribution in [0.15, 0.2) is 60.3 Å². The molecule has 1 amide bonds. The molecule has 0 saturated carbocycles. The lowest BCUT2D eigenvalue weighted by molar-refractivity contribution is -0.117. The number of aromatic amines is 1. The van der Waals surface area contributed by atoms with Crippen LogP contribution in [0, 0.1) is 39.0 Å². The van der Waals surface area contributed by atoms with Crippen molar-refractivity contribution in [3.63, 3.8) is 0 Å². The first-order valence-corrected chi connectivity index (χ1v) is 11.1. The zero-order valence-electron chi connectivity index (χ0n) is 19.5. The molecule has 0 atom stereocenters. The molecule has 0 aliphatic carbocycles. The van der Waals surface area contributed by atoms with E-state index in [9.17, 15) is 10.1 Å². The van der Waals surface area contributed by atoms with Crippen LogP contribution in [0.1, 0.15) is 33.6 Å². The third-order valence-electron chi connectivity index (χ3n) is 6.08. The van der Waals surface area contributed by atoms with Crippen molar-refractivity contribution >= 4 is 22.9 Å². The van der Waals surface area contributed by atoms with E-state index in [1.807, 2.05) is 44.3 Å². The second kappa shape index (κ2) is 9.22. The third kappa shape index (κ3) is 4.47. The van der Waals surface area contributed by atoms with Crippen LogP contribution in [0.2, 0.25) is 0 Å². The number of H-pyrrole nitrogens is 1. The van der Waals surface area contributed by atoms with Gasteiger partial charge >= 0.3 is 0 Å². The minimum absolute atomic E-state index is 0.106. The normalized spacial score (nSPS) is 11.5. The Morgan fingerprint density at radius 2 is 1.91 bits per heavy atom. The molecule has 0 unspecified atom stereocenters. The molecule has 0 aliphatic heterocycles. The summed E-state index contributed by atoms with van der Waals surface area (Å²) < 4.78 is 2.17. The number of para-hydroxylation sites is 1. The molecule has 0 radical (unpaired) electrons. The summed E-state index contributed by atoms with van der Waals surface area (Å²) in [6, 6.07) is 18.5. The number of nitriles is 1. The highest BCUT2D eigenvalue weighted by Crippen LogP contribution is 2.25. The standard InChI is InChI=1S/C28H28N4O/c1-18-9-10-27(19(2)13-18)32-20(3)14-23(21(32)4)15-24(16-29)28(33)30-12-11-22-17-31-26-8-6-5-7-25(22)26/h5-10,13-15,17,31H,11-12H2,1-4H3,(H,30,33)/b24-15-. The first-order chi connectivity index (χ1) is 15.9. The van der Waals surface area contributed by atoms with Crippen molar-refractivity contribution in [2.45, 2.75) is 34.1 Å². The van der Waals surface area contributed by atoms with Crippen LogP contribution in [0.25, 0.3) is 22.7 Å². The molecule has 0 bridgehead atoms. The Hall–Kier alpha value is -4.04. The third-order valence-corrected chi connectivity index (χ3v) is 6.08. The summed E-state index contributed by atoms with van der Waals surface area (Å²) in [4.78, 5) is 16.0. The molecule has 33 heavy (non-hydrogen) atoms. The molecule has 0 spiro atoms. The minimum Gasteiger partial charge on any atom is -0.361 e. The maximum absolute atomic E-state index is 12.7. The van der Waals surface area contributed by atoms with E-state index in [1.54, 1.807) is 6.08 Å². The number of nitrogens with zero attached hydrogens (tertiary/aromatic N) is 2. The van der Waals surface area contributed by atoms with E-state index < -0.39 is 0 Å². The van der Waals surface area contributed by atoms with Crippen molar-refractivity contribution in [2.75, 3.05) is 6.54 Å². The van der Waals surface area contributed by atoms with E-state index >= 15 is 0 Å². The van der Waals surface area contributed by atoms with Crippen molar-refractivity contribution in [1.29, 1.82) is 5.26 Å². The molecule has 0 saturated heterocycles. The van der Waals surface area contributed by atoms with E-state index in [1.165, 1.54) is 11.1 Å². The second-order valence-corrected chi connectivity index (χ2v) is 8.49. The Labute approximate surface area is 194 Å². The minimum atomic E-state index is -0.353. The summed E-state index contributed by atoms with van der Waals surface area (Å²) in [5.41, 5.74) is 8.77. The summed E-state index contributed by atoms with van der Waals surface area (Å²) in [7, 11) is 0. The molecule has 2 aromatic carbocycles. The number of carbonyl (C=O) groups is 1. The zero-order valence-corrected chi connectivity index (χ0v) is 19.5. The van der Waals surface area contributed by atoms with Crippen molar-refractivity contribution in [3.05, 3.63) is 93.9 Å². The van der Waals surface area contributed by atoms with Crippen LogP contribution in [-0.4, -0.2) is 22.0 Å². The Morgan fingerprint density at radius 1 is 1.12 bits per heavy atom. The molecule has 5 nitrogen and oxygen atoms in total. The topological polar surface area (TPSA) is 73.6 Å². The highest BCUT2D eigenvalue weighted by atomic mass is 16.1. The monoisotopic (exact) mass is 436 g/mol. The van der Waals surface area contributed by atoms with Gasteiger partial charge in [0.25, 0.3) is 5.91 Å². The van der Waals surface area contributed by atoms with Gasteiger partial charge in [-0.05, 0) is 75.1 Å². The van der Waals surface area contributed by atoms with Gasteiger partial charge in [-0.25, -0.2) is 0 Å². The largest absolute Gasteiger partial charge is 0.361 e. The van der Waals surface area contributed by atoms with E-state index in [2.05, 4.69) is 59.1 Å². The van der Waals surface area contributed by atoms with E-state index in [0.717, 1.165) is 39.1 Å². The highest BCUT2D eigenvalue weighted by Gasteiger charge is 2.15. The number of rotatable bonds is 6.